The Morgan fingerprint density at radius 1 is 1.26 bits per heavy atom. The van der Waals surface area contributed by atoms with Crippen molar-refractivity contribution in [3.8, 4) is 5.75 Å². The number of hydrogen-bond acceptors (Lipinski definition) is 5. The summed E-state index contributed by atoms with van der Waals surface area (Å²) in [6, 6.07) is 7.95. The zero-order valence-electron chi connectivity index (χ0n) is 19.3. The van der Waals surface area contributed by atoms with Crippen LogP contribution in [0, 0.1) is 0 Å². The summed E-state index contributed by atoms with van der Waals surface area (Å²) in [5.74, 6) is 1.69. The quantitative estimate of drug-likeness (QED) is 0.224. The number of rotatable bonds is 8. The Morgan fingerprint density at radius 3 is 2.58 bits per heavy atom. The number of halogens is 1. The maximum Gasteiger partial charge on any atom is 0.407 e. The summed E-state index contributed by atoms with van der Waals surface area (Å²) < 4.78 is 16.2. The fourth-order valence-corrected chi connectivity index (χ4v) is 3.16. The largest absolute Gasteiger partial charge is 0.497 e. The number of ether oxygens (including phenoxy) is 3. The maximum absolute atomic E-state index is 11.9. The Hall–Kier alpha value is -1.75. The van der Waals surface area contributed by atoms with Gasteiger partial charge in [-0.05, 0) is 51.3 Å². The molecule has 0 saturated carbocycles. The van der Waals surface area contributed by atoms with Gasteiger partial charge in [0.05, 0.1) is 19.8 Å². The number of benzene rings is 1. The molecular formula is C22H37IN4O4. The van der Waals surface area contributed by atoms with Gasteiger partial charge in [-0.15, -0.1) is 24.0 Å². The molecule has 1 atom stereocenters. The van der Waals surface area contributed by atoms with Gasteiger partial charge in [-0.1, -0.05) is 12.1 Å². The average molecular weight is 548 g/mol. The van der Waals surface area contributed by atoms with Crippen molar-refractivity contribution in [3.05, 3.63) is 29.8 Å². The molecule has 0 aliphatic carbocycles. The molecule has 1 aromatic carbocycles. The van der Waals surface area contributed by atoms with Gasteiger partial charge >= 0.3 is 6.09 Å². The van der Waals surface area contributed by atoms with E-state index < -0.39 is 5.60 Å². The molecule has 8 nitrogen and oxygen atoms in total. The van der Waals surface area contributed by atoms with Crippen molar-refractivity contribution < 1.29 is 19.0 Å². The van der Waals surface area contributed by atoms with Crippen LogP contribution >= 0.6 is 24.0 Å². The molecule has 0 aromatic heterocycles. The lowest BCUT2D eigenvalue weighted by Gasteiger charge is -2.23. The molecule has 2 N–H and O–H groups in total. The summed E-state index contributed by atoms with van der Waals surface area (Å²) in [5, 5.41) is 6.31. The van der Waals surface area contributed by atoms with E-state index in [-0.39, 0.29) is 36.1 Å². The number of amides is 1. The van der Waals surface area contributed by atoms with Gasteiger partial charge < -0.3 is 29.7 Å². The van der Waals surface area contributed by atoms with Gasteiger partial charge in [0.25, 0.3) is 0 Å². The van der Waals surface area contributed by atoms with Crippen LogP contribution in [0.25, 0.3) is 0 Å². The highest BCUT2D eigenvalue weighted by Gasteiger charge is 2.27. The normalized spacial score (nSPS) is 16.5. The predicted molar refractivity (Wildman–Crippen MR) is 133 cm³/mol. The van der Waals surface area contributed by atoms with Crippen molar-refractivity contribution in [1.82, 2.24) is 15.5 Å². The van der Waals surface area contributed by atoms with Gasteiger partial charge in [-0.25, -0.2) is 4.79 Å². The molecule has 1 saturated heterocycles. The third kappa shape index (κ3) is 10.4. The van der Waals surface area contributed by atoms with Crippen molar-refractivity contribution in [2.45, 2.75) is 51.9 Å². The number of alkyl carbamates (subject to hydrolysis) is 1. The van der Waals surface area contributed by atoms with Gasteiger partial charge in [-0.2, -0.15) is 0 Å². The monoisotopic (exact) mass is 548 g/mol. The van der Waals surface area contributed by atoms with Crippen LogP contribution in [-0.4, -0.2) is 69.0 Å². The third-order valence-electron chi connectivity index (χ3n) is 4.60. The van der Waals surface area contributed by atoms with E-state index in [9.17, 15) is 4.79 Å². The summed E-state index contributed by atoms with van der Waals surface area (Å²) in [4.78, 5) is 18.5. The predicted octanol–water partition coefficient (Wildman–Crippen LogP) is 3.39. The van der Waals surface area contributed by atoms with Gasteiger partial charge in [-0.3, -0.25) is 4.99 Å². The van der Waals surface area contributed by atoms with E-state index in [0.717, 1.165) is 43.2 Å². The van der Waals surface area contributed by atoms with Gasteiger partial charge in [0.1, 0.15) is 11.4 Å². The van der Waals surface area contributed by atoms with E-state index in [1.54, 1.807) is 14.2 Å². The Morgan fingerprint density at radius 2 is 1.97 bits per heavy atom. The number of hydrogen-bond donors (Lipinski definition) is 2. The molecule has 1 aliphatic rings. The molecule has 1 unspecified atom stereocenters. The number of guanidine groups is 1. The lowest BCUT2D eigenvalue weighted by atomic mass is 10.2. The minimum atomic E-state index is -0.491. The molecule has 1 heterocycles. The molecule has 1 amide bonds. The van der Waals surface area contributed by atoms with E-state index >= 15 is 0 Å². The number of nitrogens with one attached hydrogen (secondary N) is 2. The zero-order chi connectivity index (χ0) is 22.0. The highest BCUT2D eigenvalue weighted by atomic mass is 127. The Balaban J connectivity index is 0.00000480. The molecule has 0 radical (unpaired) electrons. The Kier molecular flexibility index (Phi) is 12.0. The molecule has 0 bridgehead atoms. The molecule has 1 aliphatic heterocycles. The Bertz CT molecular complexity index is 692. The highest BCUT2D eigenvalue weighted by molar-refractivity contribution is 14.0. The maximum atomic E-state index is 11.9. The van der Waals surface area contributed by atoms with Crippen molar-refractivity contribution >= 4 is 36.0 Å². The number of nitrogens with zero attached hydrogens (tertiary/aromatic N) is 2. The van der Waals surface area contributed by atoms with E-state index in [1.807, 2.05) is 45.0 Å². The van der Waals surface area contributed by atoms with Crippen LogP contribution in [0.5, 0.6) is 5.75 Å². The standard InChI is InChI=1S/C22H36N4O4.HI/c1-22(2,3)30-21(27)25-18-11-13-26(15-18)20(23-4)24-12-6-14-29-16-17-7-9-19(28-5)10-8-17;/h7-10,18H,6,11-16H2,1-5H3,(H,23,24)(H,25,27);1H. The number of carbonyl (C=O) groups is 1. The first-order valence-electron chi connectivity index (χ1n) is 10.5. The number of likely N-dealkylation sites (tertiary alicyclic amines) is 1. The van der Waals surface area contributed by atoms with Crippen molar-refractivity contribution in [3.63, 3.8) is 0 Å². The second-order valence-electron chi connectivity index (χ2n) is 8.31. The molecule has 0 spiro atoms. The first kappa shape index (κ1) is 27.3. The minimum Gasteiger partial charge on any atom is -0.497 e. The number of carbonyl (C=O) groups excluding carboxylic acids is 1. The van der Waals surface area contributed by atoms with Gasteiger partial charge in [0.2, 0.25) is 0 Å². The summed E-state index contributed by atoms with van der Waals surface area (Å²) in [6.07, 6.45) is 1.37. The summed E-state index contributed by atoms with van der Waals surface area (Å²) in [7, 11) is 3.43. The van der Waals surface area contributed by atoms with Crippen LogP contribution in [0.4, 0.5) is 4.79 Å². The lowest BCUT2D eigenvalue weighted by Crippen LogP contribution is -2.44. The van der Waals surface area contributed by atoms with Gasteiger partial charge in [0.15, 0.2) is 5.96 Å². The van der Waals surface area contributed by atoms with Crippen molar-refractivity contribution in [2.75, 3.05) is 40.4 Å². The first-order valence-corrected chi connectivity index (χ1v) is 10.5. The Labute approximate surface area is 203 Å². The topological polar surface area (TPSA) is 84.4 Å². The second kappa shape index (κ2) is 13.6. The van der Waals surface area contributed by atoms with Crippen LogP contribution in [0.15, 0.2) is 29.3 Å². The lowest BCUT2D eigenvalue weighted by molar-refractivity contribution is 0.0507. The fraction of sp³-hybridized carbons (Fsp3) is 0.636. The molecule has 9 heteroatoms. The highest BCUT2D eigenvalue weighted by Crippen LogP contribution is 2.13. The van der Waals surface area contributed by atoms with E-state index in [1.165, 1.54) is 0 Å². The van der Waals surface area contributed by atoms with Crippen molar-refractivity contribution in [2.24, 2.45) is 4.99 Å². The van der Waals surface area contributed by atoms with Crippen LogP contribution < -0.4 is 15.4 Å². The number of aliphatic imine (C=N–C) groups is 1. The second-order valence-corrected chi connectivity index (χ2v) is 8.31. The van der Waals surface area contributed by atoms with Gasteiger partial charge in [0, 0.05) is 33.3 Å². The first-order chi connectivity index (χ1) is 14.3. The minimum absolute atomic E-state index is 0. The molecular weight excluding hydrogens is 511 g/mol. The van der Waals surface area contributed by atoms with E-state index in [2.05, 4.69) is 20.5 Å². The third-order valence-corrected chi connectivity index (χ3v) is 4.60. The smallest absolute Gasteiger partial charge is 0.407 e. The molecule has 176 valence electrons. The average Bonchev–Trinajstić information content (AvgIpc) is 3.14. The molecule has 31 heavy (non-hydrogen) atoms. The van der Waals surface area contributed by atoms with Crippen LogP contribution in [0.2, 0.25) is 0 Å². The fourth-order valence-electron chi connectivity index (χ4n) is 3.16. The summed E-state index contributed by atoms with van der Waals surface area (Å²) in [5.41, 5.74) is 0.634. The number of methoxy groups -OCH3 is 1. The summed E-state index contributed by atoms with van der Waals surface area (Å²) in [6.45, 7) is 9.17. The van der Waals surface area contributed by atoms with Crippen LogP contribution in [0.1, 0.15) is 39.2 Å². The molecule has 1 aromatic rings. The van der Waals surface area contributed by atoms with Crippen LogP contribution in [0.3, 0.4) is 0 Å². The van der Waals surface area contributed by atoms with Crippen molar-refractivity contribution in [1.29, 1.82) is 0 Å². The van der Waals surface area contributed by atoms with E-state index in [4.69, 9.17) is 14.2 Å². The van der Waals surface area contributed by atoms with Crippen LogP contribution in [-0.2, 0) is 16.1 Å². The zero-order valence-corrected chi connectivity index (χ0v) is 21.6. The van der Waals surface area contributed by atoms with E-state index in [0.29, 0.717) is 19.8 Å². The molecule has 2 rings (SSSR count). The molecule has 1 fully saturated rings. The summed E-state index contributed by atoms with van der Waals surface area (Å²) >= 11 is 0. The SMILES string of the molecule is CN=C(NCCCOCc1ccc(OC)cc1)N1CCC(NC(=O)OC(C)(C)C)C1.I.